The van der Waals surface area contributed by atoms with Crippen LogP contribution < -0.4 is 5.32 Å². The number of hydrogen-bond acceptors (Lipinski definition) is 6. The van der Waals surface area contributed by atoms with E-state index in [1.807, 2.05) is 6.07 Å². The largest absolute Gasteiger partial charge is 0.317 e. The maximum atomic E-state index is 12.6. The van der Waals surface area contributed by atoms with Crippen molar-refractivity contribution in [2.45, 2.75) is 70.7 Å². The molecule has 32 heavy (non-hydrogen) atoms. The highest BCUT2D eigenvalue weighted by atomic mass is 32.2. The van der Waals surface area contributed by atoms with Gasteiger partial charge < -0.3 is 5.32 Å². The van der Waals surface area contributed by atoms with E-state index in [0.29, 0.717) is 34.2 Å². The van der Waals surface area contributed by atoms with Crippen molar-refractivity contribution in [1.82, 2.24) is 4.98 Å². The molecule has 0 saturated carbocycles. The molecule has 166 valence electrons. The van der Waals surface area contributed by atoms with Gasteiger partial charge in [-0.3, -0.25) is 4.79 Å². The van der Waals surface area contributed by atoms with Gasteiger partial charge in [-0.25, -0.2) is 4.98 Å². The van der Waals surface area contributed by atoms with Crippen LogP contribution in [0.5, 0.6) is 0 Å². The van der Waals surface area contributed by atoms with E-state index < -0.39 is 0 Å². The molecule has 2 aromatic rings. The van der Waals surface area contributed by atoms with Gasteiger partial charge in [-0.2, -0.15) is 10.5 Å². The van der Waals surface area contributed by atoms with Crippen molar-refractivity contribution in [2.24, 2.45) is 11.3 Å². The highest BCUT2D eigenvalue weighted by molar-refractivity contribution is 7.99. The lowest BCUT2D eigenvalue weighted by atomic mass is 9.72. The number of fused-ring (bicyclic) bond motifs is 2. The van der Waals surface area contributed by atoms with Gasteiger partial charge in [0.05, 0.1) is 11.1 Å². The van der Waals surface area contributed by atoms with Crippen molar-refractivity contribution < 1.29 is 4.79 Å². The van der Waals surface area contributed by atoms with Crippen LogP contribution in [0.3, 0.4) is 0 Å². The van der Waals surface area contributed by atoms with Crippen LogP contribution in [0.1, 0.15) is 72.9 Å². The number of nitrogens with one attached hydrogen (secondary N) is 1. The summed E-state index contributed by atoms with van der Waals surface area (Å²) in [6, 6.07) is 6.53. The molecule has 0 radical (unpaired) electrons. The van der Waals surface area contributed by atoms with E-state index >= 15 is 0 Å². The van der Waals surface area contributed by atoms with E-state index in [1.165, 1.54) is 22.2 Å². The summed E-state index contributed by atoms with van der Waals surface area (Å²) in [5.41, 5.74) is 4.88. The van der Waals surface area contributed by atoms with Crippen LogP contribution in [0.4, 0.5) is 5.00 Å². The molecule has 4 rings (SSSR count). The van der Waals surface area contributed by atoms with Gasteiger partial charge in [0.15, 0.2) is 0 Å². The van der Waals surface area contributed by atoms with Gasteiger partial charge >= 0.3 is 0 Å². The van der Waals surface area contributed by atoms with E-state index in [2.05, 4.69) is 43.2 Å². The second kappa shape index (κ2) is 9.25. The molecule has 1 unspecified atom stereocenters. The first kappa shape index (κ1) is 22.8. The molecular formula is C25H28N4OS2. The average Bonchev–Trinajstić information content (AvgIpc) is 3.34. The number of aromatic nitrogens is 1. The second-order valence-electron chi connectivity index (χ2n) is 9.68. The summed E-state index contributed by atoms with van der Waals surface area (Å²) in [5.74, 6) is 1.04. The zero-order chi connectivity index (χ0) is 22.9. The Labute approximate surface area is 198 Å². The summed E-state index contributed by atoms with van der Waals surface area (Å²) < 4.78 is 0. The maximum Gasteiger partial charge on any atom is 0.225 e. The standard InChI is InChI=1S/C25H28N4OS2/c1-25(2,3)17-7-8-18-19(14-27)24(32-21(18)12-17)29-22(30)9-10-31-23-16(13-26)11-15-5-4-6-20(15)28-23/h11,17H,4-10,12H2,1-3H3,(H,29,30). The highest BCUT2D eigenvalue weighted by Crippen LogP contribution is 2.44. The zero-order valence-electron chi connectivity index (χ0n) is 18.9. The van der Waals surface area contributed by atoms with E-state index in [4.69, 9.17) is 0 Å². The van der Waals surface area contributed by atoms with Crippen molar-refractivity contribution >= 4 is 34.0 Å². The molecule has 0 fully saturated rings. The fourth-order valence-electron chi connectivity index (χ4n) is 4.60. The summed E-state index contributed by atoms with van der Waals surface area (Å²) in [7, 11) is 0. The van der Waals surface area contributed by atoms with E-state index in [1.54, 1.807) is 11.3 Å². The summed E-state index contributed by atoms with van der Waals surface area (Å²) in [4.78, 5) is 18.6. The van der Waals surface area contributed by atoms with Gasteiger partial charge in [0.25, 0.3) is 0 Å². The molecule has 5 nitrogen and oxygen atoms in total. The van der Waals surface area contributed by atoms with Crippen LogP contribution in [-0.4, -0.2) is 16.6 Å². The lowest BCUT2D eigenvalue weighted by Crippen LogP contribution is -2.26. The van der Waals surface area contributed by atoms with E-state index in [9.17, 15) is 15.3 Å². The lowest BCUT2D eigenvalue weighted by Gasteiger charge is -2.33. The topological polar surface area (TPSA) is 89.6 Å². The van der Waals surface area contributed by atoms with Crippen LogP contribution in [0, 0.1) is 34.0 Å². The molecule has 0 bridgehead atoms. The zero-order valence-corrected chi connectivity index (χ0v) is 20.5. The average molecular weight is 465 g/mol. The SMILES string of the molecule is CC(C)(C)C1CCc2c(sc(NC(=O)CCSc3nc4c(cc3C#N)CCC4)c2C#N)C1. The number of carbonyl (C=O) groups is 1. The third-order valence-electron chi connectivity index (χ3n) is 6.56. The Bertz CT molecular complexity index is 1130. The van der Waals surface area contributed by atoms with Crippen LogP contribution in [0.15, 0.2) is 11.1 Å². The van der Waals surface area contributed by atoms with Gasteiger partial charge in [-0.15, -0.1) is 23.1 Å². The van der Waals surface area contributed by atoms with Crippen molar-refractivity contribution in [3.8, 4) is 12.1 Å². The normalized spacial score (nSPS) is 17.2. The van der Waals surface area contributed by atoms with Crippen molar-refractivity contribution in [2.75, 3.05) is 11.1 Å². The van der Waals surface area contributed by atoms with Crippen molar-refractivity contribution in [3.63, 3.8) is 0 Å². The molecular weight excluding hydrogens is 436 g/mol. The lowest BCUT2D eigenvalue weighted by molar-refractivity contribution is -0.115. The predicted octanol–water partition coefficient (Wildman–Crippen LogP) is 5.65. The molecule has 2 aliphatic carbocycles. The van der Waals surface area contributed by atoms with E-state index in [0.717, 1.165) is 54.8 Å². The Morgan fingerprint density at radius 3 is 2.81 bits per heavy atom. The number of aryl methyl sites for hydroxylation is 2. The Morgan fingerprint density at radius 2 is 2.09 bits per heavy atom. The fraction of sp³-hybridized carbons (Fsp3) is 0.520. The van der Waals surface area contributed by atoms with E-state index in [-0.39, 0.29) is 11.3 Å². The molecule has 2 aliphatic rings. The maximum absolute atomic E-state index is 12.6. The van der Waals surface area contributed by atoms with Gasteiger partial charge in [0.2, 0.25) is 5.91 Å². The number of rotatable bonds is 5. The Kier molecular flexibility index (Phi) is 6.60. The molecule has 0 saturated heterocycles. The number of thioether (sulfide) groups is 1. The van der Waals surface area contributed by atoms with Gasteiger partial charge in [0, 0.05) is 22.7 Å². The third-order valence-corrected chi connectivity index (χ3v) is 8.72. The number of thiophene rings is 1. The summed E-state index contributed by atoms with van der Waals surface area (Å²) >= 11 is 3.03. The number of hydrogen-bond donors (Lipinski definition) is 1. The Balaban J connectivity index is 1.39. The molecule has 1 N–H and O–H groups in total. The number of carbonyl (C=O) groups excluding carboxylic acids is 1. The second-order valence-corrected chi connectivity index (χ2v) is 11.9. The van der Waals surface area contributed by atoms with Crippen LogP contribution in [0.25, 0.3) is 0 Å². The molecule has 1 amide bonds. The van der Waals surface area contributed by atoms with Crippen molar-refractivity contribution in [3.05, 3.63) is 38.9 Å². The summed E-state index contributed by atoms with van der Waals surface area (Å²) in [5, 5.41) is 23.6. The first-order valence-corrected chi connectivity index (χ1v) is 13.0. The number of amides is 1. The predicted molar refractivity (Wildman–Crippen MR) is 129 cm³/mol. The molecule has 2 aromatic heterocycles. The molecule has 0 spiro atoms. The van der Waals surface area contributed by atoms with Crippen LogP contribution >= 0.6 is 23.1 Å². The van der Waals surface area contributed by atoms with Crippen LogP contribution in [-0.2, 0) is 30.5 Å². The number of anilines is 1. The molecule has 0 aliphatic heterocycles. The van der Waals surface area contributed by atoms with Crippen molar-refractivity contribution in [1.29, 1.82) is 10.5 Å². The number of nitrogens with zero attached hydrogens (tertiary/aromatic N) is 3. The van der Waals surface area contributed by atoms with Gasteiger partial charge in [0.1, 0.15) is 22.2 Å². The smallest absolute Gasteiger partial charge is 0.225 e. The molecule has 2 heterocycles. The minimum atomic E-state index is -0.0976. The quantitative estimate of drug-likeness (QED) is 0.578. The van der Waals surface area contributed by atoms with Gasteiger partial charge in [-0.05, 0) is 67.1 Å². The molecule has 7 heteroatoms. The van der Waals surface area contributed by atoms with Crippen LogP contribution in [0.2, 0.25) is 0 Å². The number of nitriles is 2. The minimum Gasteiger partial charge on any atom is -0.317 e. The third kappa shape index (κ3) is 4.70. The summed E-state index contributed by atoms with van der Waals surface area (Å²) in [6.07, 6.45) is 6.33. The summed E-state index contributed by atoms with van der Waals surface area (Å²) in [6.45, 7) is 6.82. The first-order valence-electron chi connectivity index (χ1n) is 11.2. The van der Waals surface area contributed by atoms with Gasteiger partial charge in [-0.1, -0.05) is 20.8 Å². The fourth-order valence-corrected chi connectivity index (χ4v) is 6.81. The Morgan fingerprint density at radius 1 is 1.28 bits per heavy atom. The molecule has 0 aromatic carbocycles. The highest BCUT2D eigenvalue weighted by Gasteiger charge is 2.32. The molecule has 1 atom stereocenters. The number of pyridine rings is 1. The minimum absolute atomic E-state index is 0.0976. The Hall–Kier alpha value is -2.35. The monoisotopic (exact) mass is 464 g/mol. The first-order chi connectivity index (χ1) is 15.3.